The van der Waals surface area contributed by atoms with Gasteiger partial charge in [0.25, 0.3) is 0 Å². The van der Waals surface area contributed by atoms with Gasteiger partial charge >= 0.3 is 67.9 Å². The molecule has 0 unspecified atom stereocenters. The van der Waals surface area contributed by atoms with Gasteiger partial charge in [-0.1, -0.05) is 0 Å². The van der Waals surface area contributed by atoms with E-state index in [0.717, 1.165) is 0 Å². The predicted molar refractivity (Wildman–Crippen MR) is 26.8 cm³/mol. The average Bonchev–Trinajstić information content (AvgIpc) is 1.46. The molecule has 43 valence electrons. The first kappa shape index (κ1) is 10.5. The van der Waals surface area contributed by atoms with Gasteiger partial charge in [-0.05, 0) is 0 Å². The Morgan fingerprint density at radius 1 is 1.20 bits per heavy atom. The summed E-state index contributed by atoms with van der Waals surface area (Å²) in [5, 5.41) is 0. The third kappa shape index (κ3) is 21.2. The zero-order valence-electron chi connectivity index (χ0n) is 1.74. The fraction of sp³-hybridized carbons (Fsp3) is 0. The van der Waals surface area contributed by atoms with Crippen LogP contribution >= 0.6 is 42.3 Å². The summed E-state index contributed by atoms with van der Waals surface area (Å²) in [5.74, 6) is 0. The van der Waals surface area contributed by atoms with Crippen molar-refractivity contribution in [2.75, 3.05) is 0 Å². The third-order valence-corrected chi connectivity index (χ3v) is 0. The van der Waals surface area contributed by atoms with Crippen molar-refractivity contribution in [3.8, 4) is 0 Å². The molecule has 0 bridgehead atoms. The maximum absolute atomic E-state index is 4.00. The van der Waals surface area contributed by atoms with Crippen molar-refractivity contribution >= 4 is 42.3 Å². The van der Waals surface area contributed by atoms with Gasteiger partial charge in [-0.3, -0.25) is 0 Å². The Morgan fingerprint density at radius 3 is 1.20 bits per heavy atom. The summed E-state index contributed by atoms with van der Waals surface area (Å²) in [4.78, 5) is 0. The van der Waals surface area contributed by atoms with E-state index in [-0.39, 0.29) is 0 Å². The normalized spacial score (nSPS) is 5.80. The van der Waals surface area contributed by atoms with Crippen molar-refractivity contribution < 1.29 is 25.5 Å². The molecule has 5 heavy (non-hydrogen) atoms. The van der Waals surface area contributed by atoms with E-state index in [4.69, 9.17) is 0 Å². The van der Waals surface area contributed by atoms with Crippen LogP contribution in [0.4, 0.5) is 0 Å². The average molecular weight is 367 g/mol. The summed E-state index contributed by atoms with van der Waals surface area (Å²) in [6.07, 6.45) is 0. The Morgan fingerprint density at radius 2 is 1.20 bits per heavy atom. The van der Waals surface area contributed by atoms with Crippen LogP contribution in [0, 0.1) is 0 Å². The second-order valence-corrected chi connectivity index (χ2v) is 4.80. The quantitative estimate of drug-likeness (QED) is 0.578. The van der Waals surface area contributed by atoms with Gasteiger partial charge in [0.2, 0.25) is 0 Å². The molecule has 0 nitrogen and oxygen atoms in total. The molecule has 0 aromatic carbocycles. The summed E-state index contributed by atoms with van der Waals surface area (Å²) >= 11 is 13.9. The second-order valence-electron chi connectivity index (χ2n) is 0.0431. The number of rotatable bonds is 0. The van der Waals surface area contributed by atoms with E-state index in [2.05, 4.69) is 56.5 Å². The molecule has 0 aliphatic heterocycles. The van der Waals surface area contributed by atoms with Gasteiger partial charge in [-0.25, -0.2) is 0 Å². The first-order valence-corrected chi connectivity index (χ1v) is 7.32. The third-order valence-electron chi connectivity index (χ3n) is 0. The minimum atomic E-state index is 1.44. The van der Waals surface area contributed by atoms with Gasteiger partial charge in [0, 0.05) is 0 Å². The van der Waals surface area contributed by atoms with Crippen molar-refractivity contribution in [2.45, 2.75) is 0 Å². The fourth-order valence-electron chi connectivity index (χ4n) is 0. The molecule has 0 rings (SSSR count). The number of hydrogen-bond donors (Lipinski definition) is 0. The van der Waals surface area contributed by atoms with Gasteiger partial charge in [0.15, 0.2) is 0 Å². The van der Waals surface area contributed by atoms with Crippen LogP contribution in [0.3, 0.4) is 0 Å². The van der Waals surface area contributed by atoms with Gasteiger partial charge < -0.3 is 0 Å². The maximum atomic E-state index is 4.00. The van der Waals surface area contributed by atoms with E-state index in [1.165, 1.54) is 11.3 Å². The molecule has 0 fully saturated rings. The molecule has 0 spiro atoms. The summed E-state index contributed by atoms with van der Waals surface area (Å²) in [6, 6.07) is 0. The molecule has 0 aromatic heterocycles. The Labute approximate surface area is 66.9 Å². The molecule has 0 aliphatic carbocycles. The first-order valence-electron chi connectivity index (χ1n) is 0.342. The van der Waals surface area contributed by atoms with Crippen molar-refractivity contribution in [1.29, 1.82) is 0 Å². The summed E-state index contributed by atoms with van der Waals surface area (Å²) in [7, 11) is 0. The van der Waals surface area contributed by atoms with Crippen molar-refractivity contribution in [3.63, 3.8) is 0 Å². The summed E-state index contributed by atoms with van der Waals surface area (Å²) in [6.45, 7) is 0. The van der Waals surface area contributed by atoms with Crippen LogP contribution in [0.1, 0.15) is 0 Å². The van der Waals surface area contributed by atoms with Crippen LogP contribution in [0.25, 0.3) is 0 Å². The molecular formula is Br3Cu2. The van der Waals surface area contributed by atoms with Gasteiger partial charge in [0.05, 0.1) is 0 Å². The van der Waals surface area contributed by atoms with Crippen LogP contribution in [-0.4, -0.2) is 0 Å². The number of halogens is 3. The molecule has 0 saturated heterocycles. The minimum absolute atomic E-state index is 1.44. The standard InChI is InChI=1S/3BrH.2Cu/h3*1H;;/q;;;+1;+2/p-3. The topological polar surface area (TPSA) is 0 Å². The summed E-state index contributed by atoms with van der Waals surface area (Å²) < 4.78 is 0. The predicted octanol–water partition coefficient (Wildman–Crippen LogP) is 2.53. The Hall–Kier alpha value is 2.48. The summed E-state index contributed by atoms with van der Waals surface area (Å²) in [5.41, 5.74) is 0. The fourth-order valence-corrected chi connectivity index (χ4v) is 0. The molecule has 0 heterocycles. The molecule has 0 amide bonds. The zero-order chi connectivity index (χ0) is 4.71. The van der Waals surface area contributed by atoms with Crippen LogP contribution in [0.5, 0.6) is 0 Å². The number of hydrogen-bond acceptors (Lipinski definition) is 0. The Kier molecular flexibility index (Phi) is 33.6. The van der Waals surface area contributed by atoms with Crippen molar-refractivity contribution in [1.82, 2.24) is 0 Å². The SMILES string of the molecule is [Br][Cu][Br].[Cu][Br]. The molecule has 0 aliphatic rings. The van der Waals surface area contributed by atoms with Crippen molar-refractivity contribution in [2.24, 2.45) is 0 Å². The van der Waals surface area contributed by atoms with E-state index in [0.29, 0.717) is 0 Å². The van der Waals surface area contributed by atoms with Crippen LogP contribution < -0.4 is 0 Å². The first-order chi connectivity index (χ1) is 2.41. The second kappa shape index (κ2) is 16.1. The van der Waals surface area contributed by atoms with E-state index >= 15 is 0 Å². The van der Waals surface area contributed by atoms with Crippen LogP contribution in [-0.2, 0) is 25.5 Å². The monoisotopic (exact) mass is 363 g/mol. The van der Waals surface area contributed by atoms with Crippen molar-refractivity contribution in [3.05, 3.63) is 0 Å². The van der Waals surface area contributed by atoms with Gasteiger partial charge in [0.1, 0.15) is 0 Å². The molecule has 0 radical (unpaired) electrons. The Bertz CT molecular complexity index is 4.85. The van der Waals surface area contributed by atoms with Crippen LogP contribution in [0.2, 0.25) is 0 Å². The van der Waals surface area contributed by atoms with E-state index in [9.17, 15) is 0 Å². The van der Waals surface area contributed by atoms with Crippen LogP contribution in [0.15, 0.2) is 0 Å². The Balaban J connectivity index is 0. The van der Waals surface area contributed by atoms with E-state index in [1.807, 2.05) is 0 Å². The van der Waals surface area contributed by atoms with Gasteiger partial charge in [-0.15, -0.1) is 0 Å². The van der Waals surface area contributed by atoms with E-state index < -0.39 is 0 Å². The zero-order valence-corrected chi connectivity index (χ0v) is 8.38. The van der Waals surface area contributed by atoms with Gasteiger partial charge in [-0.2, -0.15) is 0 Å². The molecule has 0 N–H and O–H groups in total. The molecule has 5 heteroatoms. The van der Waals surface area contributed by atoms with E-state index in [1.54, 1.807) is 0 Å². The molecule has 0 atom stereocenters. The molecular weight excluding hydrogens is 367 g/mol. The molecule has 0 aromatic rings. The molecule has 0 saturated carbocycles.